The second-order valence-corrected chi connectivity index (χ2v) is 8.85. The third kappa shape index (κ3) is 7.20. The van der Waals surface area contributed by atoms with Crippen LogP contribution in [0.5, 0.6) is 11.5 Å². The average molecular weight is 598 g/mol. The molecule has 0 spiro atoms. The normalized spacial score (nSPS) is 12.1. The Labute approximate surface area is 233 Å². The van der Waals surface area contributed by atoms with E-state index in [9.17, 15) is 39.5 Å². The van der Waals surface area contributed by atoms with Gasteiger partial charge in [0.15, 0.2) is 23.2 Å². The first kappa shape index (κ1) is 30.4. The number of halogens is 9. The number of allylic oxidation sites excluding steroid dienone is 1. The summed E-state index contributed by atoms with van der Waals surface area (Å²) in [4.78, 5) is 8.41. The van der Waals surface area contributed by atoms with Crippen LogP contribution in [0.4, 0.5) is 39.5 Å². The summed E-state index contributed by atoms with van der Waals surface area (Å²) in [5.41, 5.74) is -0.300. The predicted molar refractivity (Wildman–Crippen MR) is 134 cm³/mol. The number of hydrogen-bond donors (Lipinski definition) is 0. The standard InChI is InChI=1S/C29H19F9N2O2/c1-2-3-16-14-39-27(40-15-16)18-4-6-20(22(30)11-18)17-5-7-21(23(31)10-17)29(37,38)42-19-12-24(32)26(25(33)13-19)41-9-8-28(34,35)36/h4-15H,2-3H2,1H3. The first-order valence-corrected chi connectivity index (χ1v) is 12.2. The minimum absolute atomic E-state index is 0.0393. The molecule has 0 aliphatic rings. The molecule has 4 rings (SSSR count). The van der Waals surface area contributed by atoms with E-state index in [1.165, 1.54) is 12.1 Å². The minimum atomic E-state index is -4.83. The Bertz CT molecular complexity index is 1580. The average Bonchev–Trinajstić information content (AvgIpc) is 2.90. The summed E-state index contributed by atoms with van der Waals surface area (Å²) in [6, 6.07) is 6.57. The molecule has 0 N–H and O–H groups in total. The number of aromatic nitrogens is 2. The maximum absolute atomic E-state index is 14.9. The van der Waals surface area contributed by atoms with Crippen LogP contribution in [0, 0.1) is 23.3 Å². The van der Waals surface area contributed by atoms with Crippen LogP contribution >= 0.6 is 0 Å². The Hall–Kier alpha value is -4.55. The number of hydrogen-bond acceptors (Lipinski definition) is 4. The van der Waals surface area contributed by atoms with Gasteiger partial charge in [0.1, 0.15) is 17.4 Å². The van der Waals surface area contributed by atoms with E-state index in [1.54, 1.807) is 12.4 Å². The smallest absolute Gasteiger partial charge is 0.429 e. The first-order chi connectivity index (χ1) is 19.8. The molecule has 0 fully saturated rings. The molecule has 4 nitrogen and oxygen atoms in total. The highest BCUT2D eigenvalue weighted by Crippen LogP contribution is 2.37. The van der Waals surface area contributed by atoms with Gasteiger partial charge in [-0.3, -0.25) is 0 Å². The largest absolute Gasteiger partial charge is 0.459 e. The predicted octanol–water partition coefficient (Wildman–Crippen LogP) is 8.90. The summed E-state index contributed by atoms with van der Waals surface area (Å²) in [5, 5.41) is 0. The summed E-state index contributed by atoms with van der Waals surface area (Å²) < 4.78 is 133. The fraction of sp³-hybridized carbons (Fsp3) is 0.172. The molecule has 42 heavy (non-hydrogen) atoms. The third-order valence-electron chi connectivity index (χ3n) is 5.73. The van der Waals surface area contributed by atoms with Gasteiger partial charge >= 0.3 is 12.3 Å². The highest BCUT2D eigenvalue weighted by molar-refractivity contribution is 5.69. The molecule has 0 aliphatic carbocycles. The van der Waals surface area contributed by atoms with Crippen LogP contribution in [0.3, 0.4) is 0 Å². The van der Waals surface area contributed by atoms with Crippen molar-refractivity contribution in [2.24, 2.45) is 0 Å². The number of alkyl halides is 5. The zero-order chi connectivity index (χ0) is 30.7. The van der Waals surface area contributed by atoms with Crippen molar-refractivity contribution in [3.05, 3.63) is 108 Å². The molecule has 1 heterocycles. The van der Waals surface area contributed by atoms with Gasteiger partial charge in [-0.15, -0.1) is 0 Å². The summed E-state index contributed by atoms with van der Waals surface area (Å²) in [6.45, 7) is 2.00. The molecule has 0 saturated carbocycles. The van der Waals surface area contributed by atoms with E-state index >= 15 is 0 Å². The van der Waals surface area contributed by atoms with E-state index in [0.717, 1.165) is 30.5 Å². The molecule has 0 atom stereocenters. The lowest BCUT2D eigenvalue weighted by Crippen LogP contribution is -2.23. The van der Waals surface area contributed by atoms with Crippen LogP contribution in [0.15, 0.2) is 73.3 Å². The first-order valence-electron chi connectivity index (χ1n) is 12.2. The van der Waals surface area contributed by atoms with Crippen molar-refractivity contribution in [2.75, 3.05) is 0 Å². The Morgan fingerprint density at radius 3 is 1.95 bits per heavy atom. The molecule has 0 saturated heterocycles. The van der Waals surface area contributed by atoms with E-state index in [0.29, 0.717) is 17.7 Å². The number of benzene rings is 3. The van der Waals surface area contributed by atoms with Crippen LogP contribution in [0.1, 0.15) is 24.5 Å². The molecule has 4 aromatic rings. The fourth-order valence-corrected chi connectivity index (χ4v) is 3.82. The Balaban J connectivity index is 1.53. The van der Waals surface area contributed by atoms with Gasteiger partial charge in [0.25, 0.3) is 0 Å². The highest BCUT2D eigenvalue weighted by atomic mass is 19.4. The molecule has 13 heteroatoms. The molecule has 0 unspecified atom stereocenters. The van der Waals surface area contributed by atoms with Crippen molar-refractivity contribution in [1.82, 2.24) is 9.97 Å². The number of ether oxygens (including phenoxy) is 2. The van der Waals surface area contributed by atoms with Crippen LogP contribution in [0.25, 0.3) is 22.5 Å². The number of nitrogens with zero attached hydrogens (tertiary/aromatic N) is 2. The molecular formula is C29H19F9N2O2. The summed E-state index contributed by atoms with van der Waals surface area (Å²) >= 11 is 0. The molecule has 0 radical (unpaired) electrons. The van der Waals surface area contributed by atoms with Crippen molar-refractivity contribution < 1.29 is 49.0 Å². The van der Waals surface area contributed by atoms with Crippen molar-refractivity contribution in [3.8, 4) is 34.0 Å². The van der Waals surface area contributed by atoms with E-state index in [1.807, 2.05) is 6.92 Å². The Morgan fingerprint density at radius 2 is 1.38 bits per heavy atom. The molecule has 0 amide bonds. The number of aryl methyl sites for hydroxylation is 1. The summed E-state index contributed by atoms with van der Waals surface area (Å²) in [5.74, 6) is -7.82. The highest BCUT2D eigenvalue weighted by Gasteiger charge is 2.38. The Morgan fingerprint density at radius 1 is 0.762 bits per heavy atom. The third-order valence-corrected chi connectivity index (χ3v) is 5.73. The lowest BCUT2D eigenvalue weighted by molar-refractivity contribution is -0.187. The van der Waals surface area contributed by atoms with Crippen molar-refractivity contribution in [3.63, 3.8) is 0 Å². The molecule has 1 aromatic heterocycles. The maximum atomic E-state index is 14.9. The van der Waals surface area contributed by atoms with Crippen molar-refractivity contribution in [2.45, 2.75) is 32.1 Å². The van der Waals surface area contributed by atoms with Crippen LogP contribution in [-0.4, -0.2) is 16.1 Å². The lowest BCUT2D eigenvalue weighted by atomic mass is 10.0. The molecule has 220 valence electrons. The zero-order valence-corrected chi connectivity index (χ0v) is 21.5. The van der Waals surface area contributed by atoms with Gasteiger partial charge in [0.2, 0.25) is 0 Å². The molecule has 0 aliphatic heterocycles. The zero-order valence-electron chi connectivity index (χ0n) is 21.5. The lowest BCUT2D eigenvalue weighted by Gasteiger charge is -2.20. The maximum Gasteiger partial charge on any atom is 0.429 e. The van der Waals surface area contributed by atoms with Gasteiger partial charge in [0.05, 0.1) is 17.9 Å². The van der Waals surface area contributed by atoms with Gasteiger partial charge in [-0.2, -0.15) is 22.0 Å². The SMILES string of the molecule is CCCc1cnc(-c2ccc(-c3ccc(C(F)(F)Oc4cc(F)c(OC=CC(F)(F)F)c(F)c4)c(F)c3)c(F)c2)nc1. The van der Waals surface area contributed by atoms with Crippen molar-refractivity contribution in [1.29, 1.82) is 0 Å². The molecular weight excluding hydrogens is 579 g/mol. The van der Waals surface area contributed by atoms with E-state index in [-0.39, 0.29) is 35.3 Å². The minimum Gasteiger partial charge on any atom is -0.459 e. The van der Waals surface area contributed by atoms with Gasteiger partial charge in [0, 0.05) is 35.7 Å². The number of rotatable bonds is 9. The van der Waals surface area contributed by atoms with Gasteiger partial charge in [-0.1, -0.05) is 31.5 Å². The van der Waals surface area contributed by atoms with Crippen LogP contribution < -0.4 is 9.47 Å². The quantitative estimate of drug-likeness (QED) is 0.143. The Kier molecular flexibility index (Phi) is 8.78. The summed E-state index contributed by atoms with van der Waals surface area (Å²) in [6.07, 6.45) is -4.87. The van der Waals surface area contributed by atoms with Gasteiger partial charge < -0.3 is 9.47 Å². The second-order valence-electron chi connectivity index (χ2n) is 8.85. The van der Waals surface area contributed by atoms with Gasteiger partial charge in [-0.25, -0.2) is 27.5 Å². The van der Waals surface area contributed by atoms with Crippen molar-refractivity contribution >= 4 is 0 Å². The topological polar surface area (TPSA) is 44.2 Å². The van der Waals surface area contributed by atoms with Gasteiger partial charge in [-0.05, 0) is 35.7 Å². The fourth-order valence-electron chi connectivity index (χ4n) is 3.82. The van der Waals surface area contributed by atoms with E-state index in [4.69, 9.17) is 0 Å². The second kappa shape index (κ2) is 12.1. The molecule has 3 aromatic carbocycles. The van der Waals surface area contributed by atoms with E-state index in [2.05, 4.69) is 19.4 Å². The summed E-state index contributed by atoms with van der Waals surface area (Å²) in [7, 11) is 0. The van der Waals surface area contributed by atoms with Crippen LogP contribution in [-0.2, 0) is 12.5 Å². The van der Waals surface area contributed by atoms with E-state index < -0.39 is 58.7 Å². The molecule has 0 bridgehead atoms. The monoisotopic (exact) mass is 598 g/mol. The van der Waals surface area contributed by atoms with Crippen LogP contribution in [0.2, 0.25) is 0 Å².